The third-order valence-corrected chi connectivity index (χ3v) is 4.57. The molecule has 124 valence electrons. The number of aromatic nitrogens is 1. The Kier molecular flexibility index (Phi) is 4.87. The lowest BCUT2D eigenvalue weighted by molar-refractivity contribution is -0.136. The summed E-state index contributed by atoms with van der Waals surface area (Å²) in [4.78, 5) is 18.3. The molecule has 3 rings (SSSR count). The number of nitrogens with zero attached hydrogens (tertiary/aromatic N) is 2. The summed E-state index contributed by atoms with van der Waals surface area (Å²) >= 11 is 7.33. The monoisotopic (exact) mass is 362 g/mol. The first-order valence-electron chi connectivity index (χ1n) is 7.18. The predicted molar refractivity (Wildman–Crippen MR) is 96.5 cm³/mol. The maximum Gasteiger partial charge on any atom is 0.349 e. The van der Waals surface area contributed by atoms with Crippen molar-refractivity contribution in [2.24, 2.45) is 0 Å². The second-order valence-corrected chi connectivity index (χ2v) is 6.68. The van der Waals surface area contributed by atoms with E-state index in [0.717, 1.165) is 15.3 Å². The molecule has 0 fully saturated rings. The lowest BCUT2D eigenvalue weighted by Gasteiger charge is -2.06. The quantitative estimate of drug-likeness (QED) is 0.507. The third-order valence-electron chi connectivity index (χ3n) is 3.13. The van der Waals surface area contributed by atoms with Crippen LogP contribution in [0.3, 0.4) is 0 Å². The minimum atomic E-state index is -0.471. The summed E-state index contributed by atoms with van der Waals surface area (Å²) in [6.45, 7) is -0.175. The Balaban J connectivity index is 1.63. The summed E-state index contributed by atoms with van der Waals surface area (Å²) in [5.74, 6) is 0.563. The second-order valence-electron chi connectivity index (χ2n) is 5.24. The van der Waals surface area contributed by atoms with Gasteiger partial charge in [0.2, 0.25) is 0 Å². The first-order valence-corrected chi connectivity index (χ1v) is 8.38. The molecule has 0 aliphatic rings. The molecule has 24 heavy (non-hydrogen) atoms. The highest BCUT2D eigenvalue weighted by Crippen LogP contribution is 2.30. The zero-order chi connectivity index (χ0) is 17.1. The first-order chi connectivity index (χ1) is 11.5. The van der Waals surface area contributed by atoms with Crippen molar-refractivity contribution in [2.45, 2.75) is 0 Å². The molecule has 0 aliphatic heterocycles. The fourth-order valence-corrected chi connectivity index (χ4v) is 3.02. The van der Waals surface area contributed by atoms with Crippen LogP contribution in [0.5, 0.6) is 11.5 Å². The zero-order valence-corrected chi connectivity index (χ0v) is 14.7. The molecular formula is C17H15ClN2O3S. The number of carbonyl (C=O) groups excluding carboxylic acids is 1. The van der Waals surface area contributed by atoms with E-state index in [-0.39, 0.29) is 6.61 Å². The molecule has 1 aromatic heterocycles. The minimum absolute atomic E-state index is 0.175. The number of benzene rings is 2. The first kappa shape index (κ1) is 16.5. The van der Waals surface area contributed by atoms with E-state index in [4.69, 9.17) is 21.1 Å². The summed E-state index contributed by atoms with van der Waals surface area (Å²) < 4.78 is 11.6. The van der Waals surface area contributed by atoms with Crippen LogP contribution in [0.4, 0.5) is 5.13 Å². The Morgan fingerprint density at radius 3 is 2.58 bits per heavy atom. The van der Waals surface area contributed by atoms with E-state index in [2.05, 4.69) is 4.98 Å². The molecule has 0 spiro atoms. The number of esters is 1. The highest BCUT2D eigenvalue weighted by atomic mass is 35.5. The number of halogens is 1. The summed E-state index contributed by atoms with van der Waals surface area (Å²) in [5, 5.41) is 1.51. The van der Waals surface area contributed by atoms with Crippen LogP contribution in [0.25, 0.3) is 10.2 Å². The molecule has 0 atom stereocenters. The lowest BCUT2D eigenvalue weighted by atomic mass is 10.3. The third kappa shape index (κ3) is 3.96. The molecule has 0 aliphatic carbocycles. The number of anilines is 1. The van der Waals surface area contributed by atoms with E-state index in [1.807, 2.05) is 25.1 Å². The van der Waals surface area contributed by atoms with Crippen LogP contribution < -0.4 is 14.4 Å². The van der Waals surface area contributed by atoms with Crippen molar-refractivity contribution in [3.63, 3.8) is 0 Å². The Morgan fingerprint density at radius 2 is 1.88 bits per heavy atom. The summed E-state index contributed by atoms with van der Waals surface area (Å²) in [6.07, 6.45) is 0. The molecule has 0 radical (unpaired) electrons. The van der Waals surface area contributed by atoms with E-state index in [0.29, 0.717) is 16.5 Å². The van der Waals surface area contributed by atoms with Crippen LogP contribution in [0.1, 0.15) is 0 Å². The molecular weight excluding hydrogens is 348 g/mol. The number of fused-ring (bicyclic) bond motifs is 1. The van der Waals surface area contributed by atoms with Crippen molar-refractivity contribution >= 4 is 44.3 Å². The smallest absolute Gasteiger partial charge is 0.349 e. The highest BCUT2D eigenvalue weighted by molar-refractivity contribution is 7.22. The van der Waals surface area contributed by atoms with Gasteiger partial charge in [0.25, 0.3) is 0 Å². The topological polar surface area (TPSA) is 51.7 Å². The van der Waals surface area contributed by atoms with E-state index < -0.39 is 5.97 Å². The number of hydrogen-bond acceptors (Lipinski definition) is 6. The van der Waals surface area contributed by atoms with Gasteiger partial charge in [-0.15, -0.1) is 0 Å². The van der Waals surface area contributed by atoms with Gasteiger partial charge >= 0.3 is 5.97 Å². The SMILES string of the molecule is CN(C)c1nc2ccc(OC(=O)COc3ccc(Cl)cc3)cc2s1. The van der Waals surface area contributed by atoms with E-state index in [9.17, 15) is 4.79 Å². The maximum absolute atomic E-state index is 11.9. The Morgan fingerprint density at radius 1 is 1.17 bits per heavy atom. The van der Waals surface area contributed by atoms with Crippen molar-refractivity contribution in [1.82, 2.24) is 4.98 Å². The molecule has 2 aromatic carbocycles. The van der Waals surface area contributed by atoms with E-state index in [1.54, 1.807) is 36.4 Å². The number of carbonyl (C=O) groups is 1. The normalized spacial score (nSPS) is 10.6. The number of hydrogen-bond donors (Lipinski definition) is 0. The van der Waals surface area contributed by atoms with E-state index in [1.165, 1.54) is 11.3 Å². The van der Waals surface area contributed by atoms with Crippen molar-refractivity contribution in [3.05, 3.63) is 47.5 Å². The standard InChI is InChI=1S/C17H15ClN2O3S/c1-20(2)17-19-14-8-7-13(9-15(14)24-17)23-16(21)10-22-12-5-3-11(18)4-6-12/h3-9H,10H2,1-2H3. The van der Waals surface area contributed by atoms with Crippen molar-refractivity contribution in [1.29, 1.82) is 0 Å². The fourth-order valence-electron chi connectivity index (χ4n) is 1.98. The van der Waals surface area contributed by atoms with Gasteiger partial charge in [-0.1, -0.05) is 22.9 Å². The molecule has 0 saturated heterocycles. The van der Waals surface area contributed by atoms with Gasteiger partial charge in [0.1, 0.15) is 11.5 Å². The molecule has 0 amide bonds. The zero-order valence-electron chi connectivity index (χ0n) is 13.2. The summed E-state index contributed by atoms with van der Waals surface area (Å²) in [7, 11) is 3.87. The Bertz CT molecular complexity index is 862. The molecule has 3 aromatic rings. The van der Waals surface area contributed by atoms with Gasteiger partial charge in [0, 0.05) is 25.2 Å². The predicted octanol–water partition coefficient (Wildman–Crippen LogP) is 4.00. The van der Waals surface area contributed by atoms with Gasteiger partial charge in [0.05, 0.1) is 10.2 Å². The van der Waals surface area contributed by atoms with E-state index >= 15 is 0 Å². The van der Waals surface area contributed by atoms with Gasteiger partial charge in [0.15, 0.2) is 11.7 Å². The van der Waals surface area contributed by atoms with Crippen LogP contribution in [0, 0.1) is 0 Å². The maximum atomic E-state index is 11.9. The van der Waals surface area contributed by atoms with Crippen LogP contribution >= 0.6 is 22.9 Å². The molecule has 0 N–H and O–H groups in total. The van der Waals surface area contributed by atoms with Crippen molar-refractivity contribution < 1.29 is 14.3 Å². The number of ether oxygens (including phenoxy) is 2. The van der Waals surface area contributed by atoms with Crippen LogP contribution in [-0.2, 0) is 4.79 Å². The summed E-state index contributed by atoms with van der Waals surface area (Å²) in [5.41, 5.74) is 0.876. The van der Waals surface area contributed by atoms with Crippen LogP contribution in [0.2, 0.25) is 5.02 Å². The molecule has 0 unspecified atom stereocenters. The molecule has 1 heterocycles. The molecule has 7 heteroatoms. The van der Waals surface area contributed by atoms with Gasteiger partial charge in [-0.05, 0) is 36.4 Å². The Labute approximate surface area is 148 Å². The fraction of sp³-hybridized carbons (Fsp3) is 0.176. The largest absolute Gasteiger partial charge is 0.482 e. The van der Waals surface area contributed by atoms with Crippen LogP contribution in [0.15, 0.2) is 42.5 Å². The highest BCUT2D eigenvalue weighted by Gasteiger charge is 2.10. The van der Waals surface area contributed by atoms with Gasteiger partial charge in [-0.25, -0.2) is 9.78 Å². The minimum Gasteiger partial charge on any atom is -0.482 e. The lowest BCUT2D eigenvalue weighted by Crippen LogP contribution is -2.17. The van der Waals surface area contributed by atoms with Crippen LogP contribution in [-0.4, -0.2) is 31.7 Å². The Hall–Kier alpha value is -2.31. The molecule has 0 bridgehead atoms. The molecule has 0 saturated carbocycles. The average molecular weight is 363 g/mol. The molecule has 5 nitrogen and oxygen atoms in total. The summed E-state index contributed by atoms with van der Waals surface area (Å²) in [6, 6.07) is 12.2. The van der Waals surface area contributed by atoms with Gasteiger partial charge < -0.3 is 14.4 Å². The van der Waals surface area contributed by atoms with Gasteiger partial charge in [-0.2, -0.15) is 0 Å². The average Bonchev–Trinajstić information content (AvgIpc) is 2.98. The van der Waals surface area contributed by atoms with Gasteiger partial charge in [-0.3, -0.25) is 0 Å². The second kappa shape index (κ2) is 7.07. The van der Waals surface area contributed by atoms with Crippen molar-refractivity contribution in [3.8, 4) is 11.5 Å². The number of thiazole rings is 1. The van der Waals surface area contributed by atoms with Crippen molar-refractivity contribution in [2.75, 3.05) is 25.6 Å². The number of rotatable bonds is 5.